The van der Waals surface area contributed by atoms with Crippen LogP contribution in [-0.4, -0.2) is 43.6 Å². The number of nitrogens with zero attached hydrogens (tertiary/aromatic N) is 5. The molecule has 1 atom stereocenters. The molecular formula is C20H18N6O2. The molecule has 3 aromatic rings. The van der Waals surface area contributed by atoms with Crippen LogP contribution in [0.15, 0.2) is 67.0 Å². The largest absolute Gasteiger partial charge is 0.325 e. The first-order valence-corrected chi connectivity index (χ1v) is 8.77. The van der Waals surface area contributed by atoms with Crippen LogP contribution in [0, 0.1) is 0 Å². The van der Waals surface area contributed by atoms with Crippen LogP contribution in [0.4, 0.5) is 4.79 Å². The highest BCUT2D eigenvalue weighted by Crippen LogP contribution is 2.29. The fraction of sp³-hybridized carbons (Fsp3) is 0.150. The van der Waals surface area contributed by atoms with Gasteiger partial charge in [-0.15, -0.1) is 5.10 Å². The third-order valence-electron chi connectivity index (χ3n) is 4.71. The zero-order valence-corrected chi connectivity index (χ0v) is 15.2. The molecule has 0 unspecified atom stereocenters. The van der Waals surface area contributed by atoms with E-state index < -0.39 is 11.6 Å². The number of tetrazole rings is 1. The van der Waals surface area contributed by atoms with Crippen molar-refractivity contribution in [1.82, 2.24) is 30.4 Å². The Morgan fingerprint density at radius 2 is 1.93 bits per heavy atom. The summed E-state index contributed by atoms with van der Waals surface area (Å²) in [5.74, 6) is -0.302. The molecule has 1 saturated heterocycles. The number of imide groups is 1. The molecule has 3 amide bonds. The summed E-state index contributed by atoms with van der Waals surface area (Å²) >= 11 is 0. The lowest BCUT2D eigenvalue weighted by Crippen LogP contribution is -2.41. The van der Waals surface area contributed by atoms with Crippen molar-refractivity contribution in [2.75, 3.05) is 6.54 Å². The van der Waals surface area contributed by atoms with Crippen LogP contribution in [-0.2, 0) is 10.3 Å². The number of aromatic nitrogens is 4. The standard InChI is InChI=1S/C20H18N6O2/c1-20(16-10-5-11-17(13-16)26-14-21-23-24-26)18(27)25(19(28)22-20)12-6-9-15-7-3-2-4-8-15/h2-11,13-14H,12H2,1H3,(H,22,28)/b9-6+/t20-/m0/s1. The molecule has 0 spiro atoms. The van der Waals surface area contributed by atoms with E-state index in [1.165, 1.54) is 15.9 Å². The molecule has 1 aliphatic rings. The van der Waals surface area contributed by atoms with Crippen molar-refractivity contribution in [1.29, 1.82) is 0 Å². The zero-order valence-electron chi connectivity index (χ0n) is 15.2. The molecule has 0 radical (unpaired) electrons. The zero-order chi connectivity index (χ0) is 19.6. The van der Waals surface area contributed by atoms with Crippen molar-refractivity contribution in [3.63, 3.8) is 0 Å². The van der Waals surface area contributed by atoms with Gasteiger partial charge in [0.05, 0.1) is 5.69 Å². The third-order valence-corrected chi connectivity index (χ3v) is 4.71. The van der Waals surface area contributed by atoms with Gasteiger partial charge < -0.3 is 5.32 Å². The van der Waals surface area contributed by atoms with Crippen LogP contribution >= 0.6 is 0 Å². The Morgan fingerprint density at radius 3 is 2.68 bits per heavy atom. The molecule has 28 heavy (non-hydrogen) atoms. The Hall–Kier alpha value is -3.81. The summed E-state index contributed by atoms with van der Waals surface area (Å²) in [5.41, 5.74) is 1.22. The number of carbonyl (C=O) groups excluding carboxylic acids is 2. The van der Waals surface area contributed by atoms with Crippen LogP contribution in [0.1, 0.15) is 18.1 Å². The SMILES string of the molecule is C[C@@]1(c2cccc(-n3cnnn3)c2)NC(=O)N(C/C=C/c2ccccc2)C1=O. The Kier molecular flexibility index (Phi) is 4.44. The quantitative estimate of drug-likeness (QED) is 0.691. The van der Waals surface area contributed by atoms with Gasteiger partial charge in [-0.2, -0.15) is 0 Å². The highest BCUT2D eigenvalue weighted by atomic mass is 16.2. The van der Waals surface area contributed by atoms with E-state index in [-0.39, 0.29) is 12.5 Å². The molecule has 1 N–H and O–H groups in total. The molecule has 8 nitrogen and oxygen atoms in total. The number of urea groups is 1. The summed E-state index contributed by atoms with van der Waals surface area (Å²) in [7, 11) is 0. The van der Waals surface area contributed by atoms with Crippen LogP contribution < -0.4 is 5.32 Å². The Bertz CT molecular complexity index is 1030. The van der Waals surface area contributed by atoms with Gasteiger partial charge in [0.25, 0.3) is 5.91 Å². The number of carbonyl (C=O) groups is 2. The maximum Gasteiger partial charge on any atom is 0.325 e. The number of hydrogen-bond acceptors (Lipinski definition) is 5. The molecule has 0 aliphatic carbocycles. The van der Waals surface area contributed by atoms with Gasteiger partial charge in [-0.25, -0.2) is 9.48 Å². The van der Waals surface area contributed by atoms with Crippen LogP contribution in [0.2, 0.25) is 0 Å². The van der Waals surface area contributed by atoms with Crippen LogP contribution in [0.3, 0.4) is 0 Å². The fourth-order valence-electron chi connectivity index (χ4n) is 3.16. The smallest absolute Gasteiger partial charge is 0.319 e. The number of rotatable bonds is 5. The molecule has 0 bridgehead atoms. The second kappa shape index (κ2) is 7.07. The lowest BCUT2D eigenvalue weighted by molar-refractivity contribution is -0.130. The van der Waals surface area contributed by atoms with Gasteiger partial charge in [-0.3, -0.25) is 9.69 Å². The lowest BCUT2D eigenvalue weighted by atomic mass is 9.91. The summed E-state index contributed by atoms with van der Waals surface area (Å²) in [6.45, 7) is 1.90. The van der Waals surface area contributed by atoms with E-state index >= 15 is 0 Å². The van der Waals surface area contributed by atoms with E-state index in [2.05, 4.69) is 20.8 Å². The van der Waals surface area contributed by atoms with Gasteiger partial charge in [0, 0.05) is 6.54 Å². The average molecular weight is 374 g/mol. The highest BCUT2D eigenvalue weighted by molar-refractivity contribution is 6.07. The predicted molar refractivity (Wildman–Crippen MR) is 102 cm³/mol. The van der Waals surface area contributed by atoms with Crippen LogP contribution in [0.25, 0.3) is 11.8 Å². The number of hydrogen-bond donors (Lipinski definition) is 1. The molecule has 2 aromatic carbocycles. The molecule has 2 heterocycles. The first-order valence-electron chi connectivity index (χ1n) is 8.77. The minimum absolute atomic E-state index is 0.196. The second-order valence-corrected chi connectivity index (χ2v) is 6.59. The van der Waals surface area contributed by atoms with E-state index in [0.29, 0.717) is 11.3 Å². The van der Waals surface area contributed by atoms with Gasteiger partial charge in [0.1, 0.15) is 11.9 Å². The van der Waals surface area contributed by atoms with E-state index in [0.717, 1.165) is 5.56 Å². The lowest BCUT2D eigenvalue weighted by Gasteiger charge is -2.22. The fourth-order valence-corrected chi connectivity index (χ4v) is 3.16. The van der Waals surface area contributed by atoms with Crippen LogP contribution in [0.5, 0.6) is 0 Å². The Balaban J connectivity index is 1.56. The summed E-state index contributed by atoms with van der Waals surface area (Å²) in [6.07, 6.45) is 5.15. The first kappa shape index (κ1) is 17.6. The highest BCUT2D eigenvalue weighted by Gasteiger charge is 2.48. The molecule has 1 aliphatic heterocycles. The molecule has 8 heteroatoms. The van der Waals surface area contributed by atoms with Crippen molar-refractivity contribution in [3.05, 3.63) is 78.1 Å². The van der Waals surface area contributed by atoms with E-state index in [9.17, 15) is 9.59 Å². The van der Waals surface area contributed by atoms with Gasteiger partial charge in [0.2, 0.25) is 0 Å². The Morgan fingerprint density at radius 1 is 1.11 bits per heavy atom. The first-order chi connectivity index (χ1) is 13.6. The molecule has 1 fully saturated rings. The summed E-state index contributed by atoms with van der Waals surface area (Å²) in [4.78, 5) is 26.7. The second-order valence-electron chi connectivity index (χ2n) is 6.59. The molecule has 4 rings (SSSR count). The molecular weight excluding hydrogens is 356 g/mol. The van der Waals surface area contributed by atoms with Crippen molar-refractivity contribution >= 4 is 18.0 Å². The third kappa shape index (κ3) is 3.16. The number of amides is 3. The molecule has 1 aromatic heterocycles. The minimum Gasteiger partial charge on any atom is -0.319 e. The number of benzene rings is 2. The minimum atomic E-state index is -1.15. The van der Waals surface area contributed by atoms with Crippen molar-refractivity contribution < 1.29 is 9.59 Å². The van der Waals surface area contributed by atoms with Crippen molar-refractivity contribution in [3.8, 4) is 5.69 Å². The summed E-state index contributed by atoms with van der Waals surface area (Å²) < 4.78 is 1.49. The van der Waals surface area contributed by atoms with E-state index in [1.54, 1.807) is 31.2 Å². The maximum atomic E-state index is 13.0. The summed E-state index contributed by atoms with van der Waals surface area (Å²) in [5, 5.41) is 13.9. The predicted octanol–water partition coefficient (Wildman–Crippen LogP) is 2.14. The summed E-state index contributed by atoms with van der Waals surface area (Å²) in [6, 6.07) is 16.5. The number of nitrogens with one attached hydrogen (secondary N) is 1. The molecule has 140 valence electrons. The van der Waals surface area contributed by atoms with Crippen molar-refractivity contribution in [2.45, 2.75) is 12.5 Å². The monoisotopic (exact) mass is 374 g/mol. The van der Waals surface area contributed by atoms with E-state index in [1.807, 2.05) is 42.5 Å². The maximum absolute atomic E-state index is 13.0. The van der Waals surface area contributed by atoms with Gasteiger partial charge in [-0.05, 0) is 40.6 Å². The van der Waals surface area contributed by atoms with Crippen molar-refractivity contribution in [2.24, 2.45) is 0 Å². The van der Waals surface area contributed by atoms with E-state index in [4.69, 9.17) is 0 Å². The average Bonchev–Trinajstić information content (AvgIpc) is 3.33. The van der Waals surface area contributed by atoms with Gasteiger partial charge in [-0.1, -0.05) is 54.6 Å². The molecule has 0 saturated carbocycles. The normalized spacial score (nSPS) is 19.4. The topological polar surface area (TPSA) is 93.0 Å². The van der Waals surface area contributed by atoms with Gasteiger partial charge in [0.15, 0.2) is 0 Å². The van der Waals surface area contributed by atoms with Gasteiger partial charge >= 0.3 is 6.03 Å². The Labute approximate surface area is 161 Å².